The Bertz CT molecular complexity index is 591. The number of amides is 1. The van der Waals surface area contributed by atoms with Gasteiger partial charge in [0.15, 0.2) is 0 Å². The smallest absolute Gasteiger partial charge is 0.352 e. The fourth-order valence-electron chi connectivity index (χ4n) is 4.09. The van der Waals surface area contributed by atoms with E-state index < -0.39 is 5.97 Å². The predicted molar refractivity (Wildman–Crippen MR) is 78.6 cm³/mol. The third kappa shape index (κ3) is 2.24. The number of aromatic amines is 1. The Hall–Kier alpha value is -1.78. The van der Waals surface area contributed by atoms with Gasteiger partial charge >= 0.3 is 5.97 Å². The van der Waals surface area contributed by atoms with Crippen molar-refractivity contribution in [3.63, 3.8) is 0 Å². The number of fused-ring (bicyclic) bond motifs is 1. The van der Waals surface area contributed by atoms with Crippen LogP contribution in [0.5, 0.6) is 0 Å². The first-order chi connectivity index (χ1) is 10.0. The third-order valence-electron chi connectivity index (χ3n) is 5.14. The topological polar surface area (TPSA) is 73.4 Å². The molecule has 2 heterocycles. The van der Waals surface area contributed by atoms with Crippen LogP contribution in [0.1, 0.15) is 64.2 Å². The van der Waals surface area contributed by atoms with Gasteiger partial charge in [0.2, 0.25) is 0 Å². The van der Waals surface area contributed by atoms with Crippen molar-refractivity contribution in [2.45, 2.75) is 52.0 Å². The number of hydrogen-bond donors (Lipinski definition) is 2. The van der Waals surface area contributed by atoms with E-state index in [4.69, 9.17) is 0 Å². The Morgan fingerprint density at radius 3 is 2.57 bits per heavy atom. The molecule has 21 heavy (non-hydrogen) atoms. The molecule has 2 aliphatic rings. The maximum Gasteiger partial charge on any atom is 0.352 e. The van der Waals surface area contributed by atoms with Crippen molar-refractivity contribution in [1.29, 1.82) is 0 Å². The number of aryl methyl sites for hydroxylation is 1. The number of nitrogens with zero attached hydrogens (tertiary/aromatic N) is 1. The molecule has 2 unspecified atom stereocenters. The van der Waals surface area contributed by atoms with E-state index in [0.29, 0.717) is 28.8 Å². The zero-order valence-corrected chi connectivity index (χ0v) is 12.6. The lowest BCUT2D eigenvalue weighted by molar-refractivity contribution is 0.0686. The summed E-state index contributed by atoms with van der Waals surface area (Å²) in [7, 11) is 0. The lowest BCUT2D eigenvalue weighted by Gasteiger charge is -2.31. The fraction of sp³-hybridized carbons (Fsp3) is 0.625. The van der Waals surface area contributed by atoms with Gasteiger partial charge in [0.25, 0.3) is 5.91 Å². The van der Waals surface area contributed by atoms with E-state index in [9.17, 15) is 14.7 Å². The van der Waals surface area contributed by atoms with Gasteiger partial charge in [0.05, 0.1) is 5.56 Å². The molecule has 1 saturated heterocycles. The molecule has 0 spiro atoms. The van der Waals surface area contributed by atoms with Gasteiger partial charge < -0.3 is 15.0 Å². The maximum absolute atomic E-state index is 12.9. The number of carboxylic acids is 1. The molecule has 1 saturated carbocycles. The number of aromatic carboxylic acids is 1. The minimum Gasteiger partial charge on any atom is -0.477 e. The highest BCUT2D eigenvalue weighted by Crippen LogP contribution is 2.37. The first kappa shape index (κ1) is 14.2. The van der Waals surface area contributed by atoms with Crippen LogP contribution >= 0.6 is 0 Å². The molecule has 1 aliphatic heterocycles. The second-order valence-electron chi connectivity index (χ2n) is 6.33. The normalized spacial score (nSPS) is 25.0. The molecule has 0 bridgehead atoms. The van der Waals surface area contributed by atoms with Gasteiger partial charge in [-0.25, -0.2) is 4.79 Å². The monoisotopic (exact) mass is 290 g/mol. The Morgan fingerprint density at radius 2 is 1.90 bits per heavy atom. The number of nitrogens with one attached hydrogen (secondary N) is 1. The zero-order valence-electron chi connectivity index (χ0n) is 12.6. The number of aromatic nitrogens is 1. The van der Waals surface area contributed by atoms with Crippen LogP contribution < -0.4 is 0 Å². The van der Waals surface area contributed by atoms with E-state index in [1.165, 1.54) is 19.3 Å². The molecule has 5 heteroatoms. The first-order valence-electron chi connectivity index (χ1n) is 7.74. The van der Waals surface area contributed by atoms with Gasteiger partial charge in [-0.1, -0.05) is 12.8 Å². The summed E-state index contributed by atoms with van der Waals surface area (Å²) in [6, 6.07) is 0.355. The lowest BCUT2D eigenvalue weighted by Crippen LogP contribution is -2.39. The van der Waals surface area contributed by atoms with E-state index >= 15 is 0 Å². The molecule has 1 amide bonds. The van der Waals surface area contributed by atoms with Crippen LogP contribution in [-0.4, -0.2) is 39.5 Å². The molecule has 1 aromatic rings. The molecule has 2 atom stereocenters. The van der Waals surface area contributed by atoms with Crippen molar-refractivity contribution in [3.05, 3.63) is 22.5 Å². The zero-order chi connectivity index (χ0) is 15.1. The van der Waals surface area contributed by atoms with Crippen molar-refractivity contribution in [2.75, 3.05) is 6.54 Å². The number of carboxylic acid groups (broad SMARTS) is 1. The van der Waals surface area contributed by atoms with E-state index in [-0.39, 0.29) is 11.6 Å². The average Bonchev–Trinajstić information content (AvgIpc) is 3.00. The van der Waals surface area contributed by atoms with E-state index in [1.807, 2.05) is 4.90 Å². The summed E-state index contributed by atoms with van der Waals surface area (Å²) in [4.78, 5) is 28.9. The third-order valence-corrected chi connectivity index (χ3v) is 5.14. The largest absolute Gasteiger partial charge is 0.477 e. The number of hydrogen-bond acceptors (Lipinski definition) is 2. The van der Waals surface area contributed by atoms with Crippen LogP contribution in [0, 0.1) is 19.8 Å². The summed E-state index contributed by atoms with van der Waals surface area (Å²) in [6.07, 6.45) is 5.86. The summed E-state index contributed by atoms with van der Waals surface area (Å²) < 4.78 is 0. The van der Waals surface area contributed by atoms with Crippen LogP contribution in [0.2, 0.25) is 0 Å². The number of likely N-dealkylation sites (tertiary alicyclic amines) is 1. The van der Waals surface area contributed by atoms with Crippen LogP contribution in [-0.2, 0) is 0 Å². The van der Waals surface area contributed by atoms with Crippen LogP contribution in [0.25, 0.3) is 0 Å². The van der Waals surface area contributed by atoms with Crippen molar-refractivity contribution in [1.82, 2.24) is 9.88 Å². The Kier molecular flexibility index (Phi) is 3.51. The van der Waals surface area contributed by atoms with Gasteiger partial charge in [-0.15, -0.1) is 0 Å². The minimum absolute atomic E-state index is 0.00292. The maximum atomic E-state index is 12.9. The van der Waals surface area contributed by atoms with E-state index in [1.54, 1.807) is 13.8 Å². The highest BCUT2D eigenvalue weighted by atomic mass is 16.4. The van der Waals surface area contributed by atoms with Crippen molar-refractivity contribution < 1.29 is 14.7 Å². The van der Waals surface area contributed by atoms with E-state index in [0.717, 1.165) is 19.4 Å². The highest BCUT2D eigenvalue weighted by Gasteiger charge is 2.39. The minimum atomic E-state index is -1.01. The van der Waals surface area contributed by atoms with Crippen LogP contribution in [0.15, 0.2) is 0 Å². The van der Waals surface area contributed by atoms with Crippen molar-refractivity contribution >= 4 is 11.9 Å². The molecule has 2 N–H and O–H groups in total. The highest BCUT2D eigenvalue weighted by molar-refractivity contribution is 6.01. The molecule has 0 aromatic carbocycles. The molecule has 5 nitrogen and oxygen atoms in total. The summed E-state index contributed by atoms with van der Waals surface area (Å²) in [5.41, 5.74) is 1.91. The summed E-state index contributed by atoms with van der Waals surface area (Å²) >= 11 is 0. The molecular weight excluding hydrogens is 268 g/mol. The number of H-pyrrole nitrogens is 1. The van der Waals surface area contributed by atoms with Crippen LogP contribution in [0.4, 0.5) is 0 Å². The van der Waals surface area contributed by atoms with Crippen molar-refractivity contribution in [2.24, 2.45) is 5.92 Å². The summed E-state index contributed by atoms with van der Waals surface area (Å²) in [5.74, 6) is -0.365. The second-order valence-corrected chi connectivity index (χ2v) is 6.33. The molecule has 3 rings (SSSR count). The second kappa shape index (κ2) is 5.20. The van der Waals surface area contributed by atoms with Gasteiger partial charge in [-0.05, 0) is 44.6 Å². The predicted octanol–water partition coefficient (Wildman–Crippen LogP) is 2.73. The van der Waals surface area contributed by atoms with E-state index in [2.05, 4.69) is 4.98 Å². The average molecular weight is 290 g/mol. The Morgan fingerprint density at radius 1 is 1.19 bits per heavy atom. The van der Waals surface area contributed by atoms with Gasteiger partial charge in [-0.2, -0.15) is 0 Å². The first-order valence-corrected chi connectivity index (χ1v) is 7.74. The van der Waals surface area contributed by atoms with Gasteiger partial charge in [0, 0.05) is 18.3 Å². The standard InChI is InChI=1S/C16H22N2O3/c1-9-13(10(2)17-14(9)16(20)21)15(19)18-8-7-11-5-3-4-6-12(11)18/h11-12,17H,3-8H2,1-2H3,(H,20,21). The molecule has 0 radical (unpaired) electrons. The lowest BCUT2D eigenvalue weighted by atomic mass is 9.85. The number of carbonyl (C=O) groups excluding carboxylic acids is 1. The van der Waals surface area contributed by atoms with Gasteiger partial charge in [-0.3, -0.25) is 4.79 Å². The summed E-state index contributed by atoms with van der Waals surface area (Å²) in [5, 5.41) is 9.18. The Labute approximate surface area is 124 Å². The van der Waals surface area contributed by atoms with Crippen molar-refractivity contribution in [3.8, 4) is 0 Å². The number of carbonyl (C=O) groups is 2. The molecule has 114 valence electrons. The van der Waals surface area contributed by atoms with Gasteiger partial charge in [0.1, 0.15) is 5.69 Å². The van der Waals surface area contributed by atoms with Crippen LogP contribution in [0.3, 0.4) is 0 Å². The Balaban J connectivity index is 1.90. The quantitative estimate of drug-likeness (QED) is 0.879. The SMILES string of the molecule is Cc1[nH]c(C(=O)O)c(C)c1C(=O)N1CCC2CCCCC21. The molecular formula is C16H22N2O3. The fourth-order valence-corrected chi connectivity index (χ4v) is 4.09. The summed E-state index contributed by atoms with van der Waals surface area (Å²) in [6.45, 7) is 4.30. The molecule has 1 aromatic heterocycles. The molecule has 1 aliphatic carbocycles. The molecule has 2 fully saturated rings. The number of rotatable bonds is 2.